The number of benzene rings is 2. The first kappa shape index (κ1) is 35.2. The highest BCUT2D eigenvalue weighted by Crippen LogP contribution is 2.35. The molecule has 4 saturated heterocycles. The Labute approximate surface area is 290 Å². The molecule has 12 heteroatoms. The first-order valence-corrected chi connectivity index (χ1v) is 17.3. The summed E-state index contributed by atoms with van der Waals surface area (Å²) < 4.78 is 33.5. The minimum atomic E-state index is -0.425. The molecule has 3 aromatic rings. The molecule has 4 atom stereocenters. The fraction of sp³-hybridized carbons (Fsp3) is 0.514. The van der Waals surface area contributed by atoms with Crippen molar-refractivity contribution < 1.29 is 18.3 Å². The second-order valence-corrected chi connectivity index (χ2v) is 14.5. The molecule has 0 radical (unpaired) electrons. The van der Waals surface area contributed by atoms with Gasteiger partial charge in [-0.05, 0) is 105 Å². The number of piperazine rings is 2. The molecule has 47 heavy (non-hydrogen) atoms. The molecule has 2 aromatic carbocycles. The van der Waals surface area contributed by atoms with E-state index in [1.807, 2.05) is 44.0 Å². The minimum absolute atomic E-state index is 0.170. The van der Waals surface area contributed by atoms with Crippen molar-refractivity contribution in [3.05, 3.63) is 75.6 Å². The van der Waals surface area contributed by atoms with Gasteiger partial charge < -0.3 is 15.0 Å². The normalized spacial score (nSPS) is 24.1. The van der Waals surface area contributed by atoms with Crippen LogP contribution in [0.2, 0.25) is 0 Å². The van der Waals surface area contributed by atoms with Gasteiger partial charge in [-0.1, -0.05) is 23.3 Å². The van der Waals surface area contributed by atoms with Gasteiger partial charge in [0.15, 0.2) is 0 Å². The fourth-order valence-corrected chi connectivity index (χ4v) is 7.15. The minimum Gasteiger partial charge on any atom is -0.444 e. The number of terminal acetylenes is 1. The van der Waals surface area contributed by atoms with Gasteiger partial charge in [0.2, 0.25) is 0 Å². The van der Waals surface area contributed by atoms with Gasteiger partial charge >= 0.3 is 6.09 Å². The van der Waals surface area contributed by atoms with E-state index in [1.54, 1.807) is 16.8 Å². The van der Waals surface area contributed by atoms with Crippen LogP contribution in [0.1, 0.15) is 58.2 Å². The number of amides is 1. The Kier molecular flexibility index (Phi) is 11.9. The quantitative estimate of drug-likeness (QED) is 0.268. The molecule has 1 aromatic heterocycles. The van der Waals surface area contributed by atoms with Gasteiger partial charge in [-0.3, -0.25) is 9.80 Å². The second-order valence-electron chi connectivity index (χ2n) is 13.3. The van der Waals surface area contributed by atoms with Crippen LogP contribution >= 0.6 is 22.6 Å². The summed E-state index contributed by atoms with van der Waals surface area (Å²) in [6.07, 6.45) is 11.7. The average Bonchev–Trinajstić information content (AvgIpc) is 3.79. The summed E-state index contributed by atoms with van der Waals surface area (Å²) >= 11 is 2.07. The fourth-order valence-electron chi connectivity index (χ4n) is 6.65. The molecular formula is C35H44F2IN7O2. The maximum atomic E-state index is 13.3. The van der Waals surface area contributed by atoms with Crippen LogP contribution in [0.25, 0.3) is 5.69 Å². The molecule has 0 unspecified atom stereocenters. The van der Waals surface area contributed by atoms with E-state index in [0.717, 1.165) is 61.3 Å². The Bertz CT molecular complexity index is 1520. The lowest BCUT2D eigenvalue weighted by Crippen LogP contribution is -2.54. The number of nitrogens with one attached hydrogen (secondary N) is 1. The van der Waals surface area contributed by atoms with E-state index in [9.17, 15) is 13.6 Å². The summed E-state index contributed by atoms with van der Waals surface area (Å²) in [5, 5.41) is 11.9. The van der Waals surface area contributed by atoms with Crippen molar-refractivity contribution in [2.75, 3.05) is 39.3 Å². The van der Waals surface area contributed by atoms with E-state index in [1.165, 1.54) is 30.7 Å². The Morgan fingerprint density at radius 2 is 1.74 bits per heavy atom. The second kappa shape index (κ2) is 15.9. The van der Waals surface area contributed by atoms with Gasteiger partial charge in [0.05, 0.1) is 24.0 Å². The zero-order valence-electron chi connectivity index (χ0n) is 27.3. The molecule has 252 valence electrons. The molecule has 7 rings (SSSR count). The first-order valence-electron chi connectivity index (χ1n) is 16.3. The Morgan fingerprint density at radius 1 is 1.00 bits per heavy atom. The molecule has 9 nitrogen and oxygen atoms in total. The zero-order valence-corrected chi connectivity index (χ0v) is 29.4. The molecule has 5 heterocycles. The maximum absolute atomic E-state index is 13.3. The van der Waals surface area contributed by atoms with Crippen LogP contribution < -0.4 is 5.32 Å². The van der Waals surface area contributed by atoms with Gasteiger partial charge in [-0.2, -0.15) is 0 Å². The predicted molar refractivity (Wildman–Crippen MR) is 186 cm³/mol. The summed E-state index contributed by atoms with van der Waals surface area (Å²) in [5.41, 5.74) is 1.28. The van der Waals surface area contributed by atoms with Crippen LogP contribution in [0.5, 0.6) is 0 Å². The van der Waals surface area contributed by atoms with E-state index in [-0.39, 0.29) is 23.8 Å². The van der Waals surface area contributed by atoms with E-state index >= 15 is 0 Å². The van der Waals surface area contributed by atoms with Crippen molar-refractivity contribution in [1.29, 1.82) is 0 Å². The van der Waals surface area contributed by atoms with Gasteiger partial charge in [0.1, 0.15) is 22.9 Å². The number of hydrogen-bond acceptors (Lipinski definition) is 7. The summed E-state index contributed by atoms with van der Waals surface area (Å²) in [5.74, 6) is 2.41. The van der Waals surface area contributed by atoms with E-state index in [0.29, 0.717) is 30.4 Å². The number of aromatic nitrogens is 3. The van der Waals surface area contributed by atoms with Gasteiger partial charge in [0.25, 0.3) is 0 Å². The third kappa shape index (κ3) is 9.49. The molecule has 0 bridgehead atoms. The number of nitrogens with zero attached hydrogens (tertiary/aromatic N) is 6. The lowest BCUT2D eigenvalue weighted by Gasteiger charge is -2.39. The summed E-state index contributed by atoms with van der Waals surface area (Å²) in [6.45, 7) is 11.2. The molecule has 0 spiro atoms. The summed E-state index contributed by atoms with van der Waals surface area (Å²) in [6, 6.07) is 14.5. The Hall–Kier alpha value is -3.12. The lowest BCUT2D eigenvalue weighted by atomic mass is 10.1. The van der Waals surface area contributed by atoms with Crippen molar-refractivity contribution in [3.8, 4) is 18.0 Å². The highest BCUT2D eigenvalue weighted by Gasteiger charge is 2.39. The topological polar surface area (TPSA) is 78.8 Å². The lowest BCUT2D eigenvalue weighted by molar-refractivity contribution is 0.00726. The molecule has 4 fully saturated rings. The molecule has 1 amide bonds. The SMILES string of the molecule is C#C[C@H]1CC[C@H]2CN(C(=O)OC(C)(C)C)CCN21.Fc1cccc(-n2cc([C@H]3CC[C@H]4CNCCN43)nn2)c1.Fc1cccc(I)c1. The van der Waals surface area contributed by atoms with Crippen LogP contribution in [0, 0.1) is 27.5 Å². The van der Waals surface area contributed by atoms with Crippen molar-refractivity contribution in [1.82, 2.24) is 35.0 Å². The molecular weight excluding hydrogens is 715 g/mol. The number of carbonyl (C=O) groups is 1. The van der Waals surface area contributed by atoms with E-state index in [2.05, 4.69) is 53.9 Å². The van der Waals surface area contributed by atoms with Crippen molar-refractivity contribution in [3.63, 3.8) is 0 Å². The molecule has 0 aliphatic carbocycles. The monoisotopic (exact) mass is 759 g/mol. The van der Waals surface area contributed by atoms with Crippen molar-refractivity contribution in [2.24, 2.45) is 0 Å². The summed E-state index contributed by atoms with van der Waals surface area (Å²) in [4.78, 5) is 18.7. The van der Waals surface area contributed by atoms with Crippen LogP contribution in [-0.4, -0.2) is 98.8 Å². The number of carbonyl (C=O) groups excluding carboxylic acids is 1. The van der Waals surface area contributed by atoms with Gasteiger partial charge in [-0.25, -0.2) is 18.3 Å². The van der Waals surface area contributed by atoms with Crippen molar-refractivity contribution >= 4 is 28.7 Å². The molecule has 1 N–H and O–H groups in total. The average molecular weight is 760 g/mol. The third-order valence-electron chi connectivity index (χ3n) is 8.83. The molecule has 4 aliphatic heterocycles. The Balaban J connectivity index is 0.000000152. The highest BCUT2D eigenvalue weighted by molar-refractivity contribution is 14.1. The smallest absolute Gasteiger partial charge is 0.410 e. The third-order valence-corrected chi connectivity index (χ3v) is 9.50. The number of halogens is 3. The first-order chi connectivity index (χ1) is 22.5. The van der Waals surface area contributed by atoms with Crippen molar-refractivity contribution in [2.45, 2.75) is 76.2 Å². The zero-order chi connectivity index (χ0) is 33.6. The van der Waals surface area contributed by atoms with Gasteiger partial charge in [0, 0.05) is 54.9 Å². The number of hydrogen-bond donors (Lipinski definition) is 1. The highest BCUT2D eigenvalue weighted by atomic mass is 127. The number of rotatable bonds is 2. The van der Waals surface area contributed by atoms with Crippen LogP contribution in [0.3, 0.4) is 0 Å². The maximum Gasteiger partial charge on any atom is 0.410 e. The van der Waals surface area contributed by atoms with Crippen LogP contribution in [-0.2, 0) is 4.74 Å². The van der Waals surface area contributed by atoms with E-state index < -0.39 is 5.60 Å². The largest absolute Gasteiger partial charge is 0.444 e. The van der Waals surface area contributed by atoms with Gasteiger partial charge in [-0.15, -0.1) is 11.5 Å². The standard InChI is InChI=1S/C15H18FN5.C14H22N2O2.C6H4FI/c16-11-2-1-3-12(8-11)21-10-14(18-19-21)15-5-4-13-9-17-6-7-20(13)15;1-5-11-6-7-12-10-15(8-9-16(11)12)13(17)18-14(2,3)4;7-5-2-1-3-6(8)4-5/h1-3,8,10,13,15,17H,4-7,9H2;1,11-12H,6-10H2,2-4H3;1-4H/t13-,15+;11-,12-;/m00./s1. The van der Waals surface area contributed by atoms with E-state index in [4.69, 9.17) is 11.2 Å². The number of fused-ring (bicyclic) bond motifs is 2. The predicted octanol–water partition coefficient (Wildman–Crippen LogP) is 5.65. The molecule has 4 aliphatic rings. The van der Waals surface area contributed by atoms with Crippen LogP contribution in [0.4, 0.5) is 13.6 Å². The van der Waals surface area contributed by atoms with Crippen LogP contribution in [0.15, 0.2) is 54.7 Å². The molecule has 0 saturated carbocycles. The Morgan fingerprint density at radius 3 is 2.43 bits per heavy atom. The number of ether oxygens (including phenoxy) is 1. The summed E-state index contributed by atoms with van der Waals surface area (Å²) in [7, 11) is 0.